The lowest BCUT2D eigenvalue weighted by molar-refractivity contribution is -0.132. The number of imide groups is 1. The van der Waals surface area contributed by atoms with Gasteiger partial charge in [0.25, 0.3) is 11.8 Å². The Morgan fingerprint density at radius 2 is 1.72 bits per heavy atom. The molecule has 6 nitrogen and oxygen atoms in total. The normalized spacial score (nSPS) is 18.6. The summed E-state index contributed by atoms with van der Waals surface area (Å²) in [6.45, 7) is 1.62. The molecule has 2 heterocycles. The highest BCUT2D eigenvalue weighted by Crippen LogP contribution is 2.30. The van der Waals surface area contributed by atoms with Gasteiger partial charge in [-0.15, -0.1) is 11.3 Å². The minimum absolute atomic E-state index is 0.400. The molecular formula is C21H16BrN3O3S. The van der Waals surface area contributed by atoms with E-state index in [9.17, 15) is 14.4 Å². The summed E-state index contributed by atoms with van der Waals surface area (Å²) in [6.07, 6.45) is 0. The van der Waals surface area contributed by atoms with Crippen LogP contribution in [0.3, 0.4) is 0 Å². The summed E-state index contributed by atoms with van der Waals surface area (Å²) in [4.78, 5) is 39.2. The topological polar surface area (TPSA) is 78.5 Å². The van der Waals surface area contributed by atoms with Gasteiger partial charge in [0.15, 0.2) is 0 Å². The first-order valence-electron chi connectivity index (χ1n) is 8.77. The van der Waals surface area contributed by atoms with Crippen LogP contribution in [0, 0.1) is 0 Å². The number of halogens is 1. The maximum Gasteiger partial charge on any atom is 0.344 e. The third-order valence-electron chi connectivity index (χ3n) is 4.71. The molecular weight excluding hydrogens is 454 g/mol. The van der Waals surface area contributed by atoms with Crippen LogP contribution in [0.25, 0.3) is 10.4 Å². The number of carbonyl (C=O) groups excluding carboxylic acids is 3. The fourth-order valence-electron chi connectivity index (χ4n) is 3.09. The van der Waals surface area contributed by atoms with Crippen LogP contribution < -0.4 is 10.7 Å². The number of hydrogen-bond acceptors (Lipinski definition) is 4. The maximum atomic E-state index is 12.9. The van der Waals surface area contributed by atoms with E-state index in [1.807, 2.05) is 36.4 Å². The van der Waals surface area contributed by atoms with Gasteiger partial charge in [-0.25, -0.2) is 4.79 Å². The van der Waals surface area contributed by atoms with E-state index in [2.05, 4.69) is 26.7 Å². The molecule has 0 aliphatic carbocycles. The summed E-state index contributed by atoms with van der Waals surface area (Å²) in [5.41, 5.74) is 2.81. The highest BCUT2D eigenvalue weighted by molar-refractivity contribution is 9.10. The number of hydrogen-bond donors (Lipinski definition) is 2. The Labute approximate surface area is 179 Å². The van der Waals surface area contributed by atoms with Crippen molar-refractivity contribution >= 4 is 45.1 Å². The zero-order valence-electron chi connectivity index (χ0n) is 15.3. The number of nitrogens with one attached hydrogen (secondary N) is 2. The second-order valence-corrected chi connectivity index (χ2v) is 8.67. The first-order valence-corrected chi connectivity index (χ1v) is 10.4. The number of benzene rings is 2. The molecule has 1 unspecified atom stereocenters. The summed E-state index contributed by atoms with van der Waals surface area (Å²) in [5, 5.41) is 3.41. The largest absolute Gasteiger partial charge is 0.344 e. The molecule has 0 bridgehead atoms. The van der Waals surface area contributed by atoms with Crippen molar-refractivity contribution in [3.8, 4) is 10.4 Å². The molecule has 8 heteroatoms. The van der Waals surface area contributed by atoms with Crippen LogP contribution in [0.4, 0.5) is 4.79 Å². The Morgan fingerprint density at radius 1 is 1.03 bits per heavy atom. The van der Waals surface area contributed by atoms with Gasteiger partial charge in [0, 0.05) is 9.35 Å². The summed E-state index contributed by atoms with van der Waals surface area (Å²) in [6, 6.07) is 19.5. The third kappa shape index (κ3) is 3.56. The van der Waals surface area contributed by atoms with Crippen LogP contribution in [0.2, 0.25) is 0 Å². The number of thiophene rings is 1. The van der Waals surface area contributed by atoms with Gasteiger partial charge in [-0.3, -0.25) is 15.0 Å². The molecule has 1 fully saturated rings. The van der Waals surface area contributed by atoms with Gasteiger partial charge in [-0.05, 0) is 42.3 Å². The lowest BCUT2D eigenvalue weighted by Gasteiger charge is -2.21. The van der Waals surface area contributed by atoms with Crippen LogP contribution in [-0.2, 0) is 10.3 Å². The molecule has 4 rings (SSSR count). The minimum atomic E-state index is -1.23. The summed E-state index contributed by atoms with van der Waals surface area (Å²) in [5.74, 6) is -1.05. The lowest BCUT2D eigenvalue weighted by atomic mass is 9.92. The van der Waals surface area contributed by atoms with Gasteiger partial charge in [-0.2, -0.15) is 5.01 Å². The maximum absolute atomic E-state index is 12.9. The van der Waals surface area contributed by atoms with Crippen molar-refractivity contribution in [2.75, 3.05) is 0 Å². The monoisotopic (exact) mass is 469 g/mol. The second kappa shape index (κ2) is 7.46. The van der Waals surface area contributed by atoms with E-state index in [-0.39, 0.29) is 0 Å². The molecule has 2 N–H and O–H groups in total. The predicted octanol–water partition coefficient (Wildman–Crippen LogP) is 4.29. The number of urea groups is 1. The molecule has 3 aromatic rings. The molecule has 1 aliphatic rings. The zero-order valence-corrected chi connectivity index (χ0v) is 17.7. The van der Waals surface area contributed by atoms with Crippen molar-refractivity contribution in [2.24, 2.45) is 0 Å². The van der Waals surface area contributed by atoms with Gasteiger partial charge in [0.05, 0.1) is 4.88 Å². The number of rotatable bonds is 4. The van der Waals surface area contributed by atoms with Gasteiger partial charge < -0.3 is 5.32 Å². The molecule has 146 valence electrons. The third-order valence-corrected chi connectivity index (χ3v) is 6.38. The van der Waals surface area contributed by atoms with E-state index >= 15 is 0 Å². The highest BCUT2D eigenvalue weighted by Gasteiger charge is 2.50. The van der Waals surface area contributed by atoms with Crippen LogP contribution in [0.1, 0.15) is 22.2 Å². The summed E-state index contributed by atoms with van der Waals surface area (Å²) < 4.78 is 0.968. The van der Waals surface area contributed by atoms with Crippen LogP contribution >= 0.6 is 27.3 Å². The Bertz CT molecular complexity index is 1100. The van der Waals surface area contributed by atoms with Crippen LogP contribution in [0.5, 0.6) is 0 Å². The standard InChI is InChI=1S/C21H16BrN3O3S/c1-21(14-5-3-2-4-6-14)19(27)25(20(28)23-21)24-18(26)17-12-11-16(29-17)13-7-9-15(22)10-8-13/h2-12H,1H3,(H,23,28)(H,24,26). The van der Waals surface area contributed by atoms with E-state index in [0.717, 1.165) is 19.9 Å². The van der Waals surface area contributed by atoms with Gasteiger partial charge in [0.1, 0.15) is 5.54 Å². The molecule has 1 saturated heterocycles. The molecule has 0 radical (unpaired) electrons. The Hall–Kier alpha value is -2.97. The smallest absolute Gasteiger partial charge is 0.318 e. The average molecular weight is 470 g/mol. The van der Waals surface area contributed by atoms with Crippen molar-refractivity contribution in [1.29, 1.82) is 0 Å². The molecule has 4 amide bonds. The molecule has 0 saturated carbocycles. The van der Waals surface area contributed by atoms with Crippen molar-refractivity contribution in [2.45, 2.75) is 12.5 Å². The van der Waals surface area contributed by atoms with Crippen LogP contribution in [0.15, 0.2) is 71.2 Å². The van der Waals surface area contributed by atoms with E-state index in [4.69, 9.17) is 0 Å². The molecule has 2 aromatic carbocycles. The first-order chi connectivity index (χ1) is 13.9. The second-order valence-electron chi connectivity index (χ2n) is 6.67. The van der Waals surface area contributed by atoms with Gasteiger partial charge >= 0.3 is 6.03 Å². The van der Waals surface area contributed by atoms with E-state index in [1.54, 1.807) is 37.3 Å². The van der Waals surface area contributed by atoms with Crippen molar-refractivity contribution in [3.63, 3.8) is 0 Å². The zero-order chi connectivity index (χ0) is 20.6. The lowest BCUT2D eigenvalue weighted by Crippen LogP contribution is -2.47. The number of nitrogens with zero attached hydrogens (tertiary/aromatic N) is 1. The minimum Gasteiger partial charge on any atom is -0.318 e. The van der Waals surface area contributed by atoms with E-state index in [1.165, 1.54) is 11.3 Å². The molecule has 1 atom stereocenters. The predicted molar refractivity (Wildman–Crippen MR) is 114 cm³/mol. The number of amides is 4. The summed E-state index contributed by atoms with van der Waals surface area (Å²) in [7, 11) is 0. The van der Waals surface area contributed by atoms with Crippen LogP contribution in [-0.4, -0.2) is 22.9 Å². The Balaban J connectivity index is 1.52. The molecule has 1 aliphatic heterocycles. The average Bonchev–Trinajstić information content (AvgIpc) is 3.29. The van der Waals surface area contributed by atoms with Crippen molar-refractivity contribution in [3.05, 3.63) is 81.6 Å². The Kier molecular flexibility index (Phi) is 4.97. The molecule has 29 heavy (non-hydrogen) atoms. The fourth-order valence-corrected chi connectivity index (χ4v) is 4.26. The highest BCUT2D eigenvalue weighted by atomic mass is 79.9. The first kappa shape index (κ1) is 19.4. The fraction of sp³-hybridized carbons (Fsp3) is 0.0952. The number of carbonyl (C=O) groups is 3. The van der Waals surface area contributed by atoms with E-state index < -0.39 is 23.4 Å². The SMILES string of the molecule is CC1(c2ccccc2)NC(=O)N(NC(=O)c2ccc(-c3ccc(Br)cc3)s2)C1=O. The number of hydrazine groups is 1. The van der Waals surface area contributed by atoms with Gasteiger partial charge in [-0.1, -0.05) is 58.4 Å². The summed E-state index contributed by atoms with van der Waals surface area (Å²) >= 11 is 4.68. The quantitative estimate of drug-likeness (QED) is 0.559. The van der Waals surface area contributed by atoms with Gasteiger partial charge in [0.2, 0.25) is 0 Å². The van der Waals surface area contributed by atoms with Crippen molar-refractivity contribution < 1.29 is 14.4 Å². The van der Waals surface area contributed by atoms with E-state index in [0.29, 0.717) is 10.4 Å². The van der Waals surface area contributed by atoms with Crippen molar-refractivity contribution in [1.82, 2.24) is 15.8 Å². The molecule has 0 spiro atoms. The Morgan fingerprint density at radius 3 is 2.41 bits per heavy atom. The molecule has 1 aromatic heterocycles.